The molecule has 0 atom stereocenters. The van der Waals surface area contributed by atoms with Crippen LogP contribution >= 0.6 is 0 Å². The van der Waals surface area contributed by atoms with Gasteiger partial charge in [-0.2, -0.15) is 0 Å². The second kappa shape index (κ2) is 5.77. The van der Waals surface area contributed by atoms with Gasteiger partial charge in [-0.3, -0.25) is 4.79 Å². The zero-order valence-electron chi connectivity index (χ0n) is 10.0. The van der Waals surface area contributed by atoms with E-state index < -0.39 is 0 Å². The van der Waals surface area contributed by atoms with Crippen LogP contribution in [0.5, 0.6) is 0 Å². The minimum absolute atomic E-state index is 0.137. The zero-order chi connectivity index (χ0) is 12.1. The second-order valence-electron chi connectivity index (χ2n) is 4.39. The van der Waals surface area contributed by atoms with E-state index in [2.05, 4.69) is 10.3 Å². The largest absolute Gasteiger partial charge is 0.341 e. The molecule has 2 rings (SSSR count). The Morgan fingerprint density at radius 2 is 2.18 bits per heavy atom. The summed E-state index contributed by atoms with van der Waals surface area (Å²) in [6.07, 6.45) is 5.80. The summed E-state index contributed by atoms with van der Waals surface area (Å²) in [6.45, 7) is 2.72. The number of hydrogen-bond donors (Lipinski definition) is 1. The van der Waals surface area contributed by atoms with Gasteiger partial charge < -0.3 is 10.6 Å². The van der Waals surface area contributed by atoms with Gasteiger partial charge in [-0.15, -0.1) is 5.10 Å². The maximum Gasteiger partial charge on any atom is 0.244 e. The van der Waals surface area contributed by atoms with E-state index in [1.54, 1.807) is 4.68 Å². The summed E-state index contributed by atoms with van der Waals surface area (Å²) in [5.41, 5.74) is 6.34. The van der Waals surface area contributed by atoms with Crippen LogP contribution in [0.15, 0.2) is 6.20 Å². The number of carbonyl (C=O) groups is 1. The third kappa shape index (κ3) is 3.26. The molecular formula is C11H19N5O. The molecule has 1 aromatic heterocycles. The highest BCUT2D eigenvalue weighted by Crippen LogP contribution is 2.08. The van der Waals surface area contributed by atoms with Crippen LogP contribution in [-0.2, 0) is 17.8 Å². The molecule has 6 heteroatoms. The van der Waals surface area contributed by atoms with Gasteiger partial charge in [0, 0.05) is 19.3 Å². The van der Waals surface area contributed by atoms with Gasteiger partial charge in [-0.25, -0.2) is 4.68 Å². The van der Waals surface area contributed by atoms with E-state index in [4.69, 9.17) is 5.73 Å². The first-order valence-corrected chi connectivity index (χ1v) is 6.16. The second-order valence-corrected chi connectivity index (χ2v) is 4.39. The highest BCUT2D eigenvalue weighted by Gasteiger charge is 2.18. The fourth-order valence-electron chi connectivity index (χ4n) is 2.02. The van der Waals surface area contributed by atoms with Gasteiger partial charge in [0.1, 0.15) is 6.54 Å². The maximum absolute atomic E-state index is 11.9. The van der Waals surface area contributed by atoms with Gasteiger partial charge in [-0.05, 0) is 32.2 Å². The summed E-state index contributed by atoms with van der Waals surface area (Å²) < 4.78 is 1.62. The monoisotopic (exact) mass is 237 g/mol. The van der Waals surface area contributed by atoms with Crippen molar-refractivity contribution in [1.82, 2.24) is 19.9 Å². The number of likely N-dealkylation sites (tertiary alicyclic amines) is 1. The number of aromatic nitrogens is 3. The van der Waals surface area contributed by atoms with Crippen LogP contribution in [0.3, 0.4) is 0 Å². The van der Waals surface area contributed by atoms with E-state index >= 15 is 0 Å². The molecule has 0 saturated carbocycles. The Hall–Kier alpha value is -1.43. The first kappa shape index (κ1) is 12.0. The normalized spacial score (nSPS) is 15.5. The lowest BCUT2D eigenvalue weighted by molar-refractivity contribution is -0.130. The molecule has 0 radical (unpaired) electrons. The molecule has 1 amide bonds. The Morgan fingerprint density at radius 1 is 1.41 bits per heavy atom. The Morgan fingerprint density at radius 3 is 2.88 bits per heavy atom. The predicted molar refractivity (Wildman–Crippen MR) is 63.2 cm³/mol. The molecule has 1 aliphatic heterocycles. The summed E-state index contributed by atoms with van der Waals surface area (Å²) in [5.74, 6) is 0.137. The van der Waals surface area contributed by atoms with Crippen molar-refractivity contribution in [3.05, 3.63) is 11.9 Å². The number of nitrogens with two attached hydrogens (primary N) is 1. The molecule has 0 unspecified atom stereocenters. The van der Waals surface area contributed by atoms with Gasteiger partial charge in [0.15, 0.2) is 0 Å². The van der Waals surface area contributed by atoms with Crippen LogP contribution in [0.2, 0.25) is 0 Å². The van der Waals surface area contributed by atoms with Crippen molar-refractivity contribution in [2.45, 2.75) is 32.2 Å². The highest BCUT2D eigenvalue weighted by atomic mass is 16.2. The molecule has 0 bridgehead atoms. The molecule has 1 aliphatic rings. The molecule has 1 saturated heterocycles. The van der Waals surface area contributed by atoms with Crippen molar-refractivity contribution in [2.75, 3.05) is 19.6 Å². The third-order valence-electron chi connectivity index (χ3n) is 2.98. The SMILES string of the molecule is NCCCc1cn(CC(=O)N2CCCC2)nn1. The van der Waals surface area contributed by atoms with Crippen LogP contribution < -0.4 is 5.73 Å². The van der Waals surface area contributed by atoms with Gasteiger partial charge in [-0.1, -0.05) is 5.21 Å². The van der Waals surface area contributed by atoms with Crippen LogP contribution in [0.4, 0.5) is 0 Å². The molecule has 0 aromatic carbocycles. The fraction of sp³-hybridized carbons (Fsp3) is 0.727. The minimum atomic E-state index is 0.137. The van der Waals surface area contributed by atoms with Crippen LogP contribution in [-0.4, -0.2) is 45.4 Å². The molecule has 2 N–H and O–H groups in total. The summed E-state index contributed by atoms with van der Waals surface area (Å²) in [5, 5.41) is 7.98. The van der Waals surface area contributed by atoms with Crippen molar-refractivity contribution < 1.29 is 4.79 Å². The molecule has 17 heavy (non-hydrogen) atoms. The van der Waals surface area contributed by atoms with Crippen molar-refractivity contribution in [1.29, 1.82) is 0 Å². The molecular weight excluding hydrogens is 218 g/mol. The molecule has 94 valence electrons. The Kier molecular flexibility index (Phi) is 4.08. The molecule has 1 fully saturated rings. The average Bonchev–Trinajstić information content (AvgIpc) is 2.97. The van der Waals surface area contributed by atoms with E-state index in [9.17, 15) is 4.79 Å². The van der Waals surface area contributed by atoms with Crippen LogP contribution in [0.25, 0.3) is 0 Å². The number of hydrogen-bond acceptors (Lipinski definition) is 4. The predicted octanol–water partition coefficient (Wildman–Crippen LogP) is -0.208. The average molecular weight is 237 g/mol. The van der Waals surface area contributed by atoms with Gasteiger partial charge >= 0.3 is 0 Å². The van der Waals surface area contributed by atoms with Gasteiger partial charge in [0.25, 0.3) is 0 Å². The standard InChI is InChI=1S/C11H19N5O/c12-5-3-4-10-8-16(14-13-10)9-11(17)15-6-1-2-7-15/h8H,1-7,9,12H2. The molecule has 0 spiro atoms. The first-order valence-electron chi connectivity index (χ1n) is 6.16. The van der Waals surface area contributed by atoms with Crippen molar-refractivity contribution in [3.8, 4) is 0 Å². The first-order chi connectivity index (χ1) is 8.29. The smallest absolute Gasteiger partial charge is 0.244 e. The quantitative estimate of drug-likeness (QED) is 0.769. The van der Waals surface area contributed by atoms with E-state index in [-0.39, 0.29) is 5.91 Å². The molecule has 2 heterocycles. The topological polar surface area (TPSA) is 77.0 Å². The van der Waals surface area contributed by atoms with E-state index in [1.165, 1.54) is 0 Å². The van der Waals surface area contributed by atoms with Crippen LogP contribution in [0.1, 0.15) is 25.0 Å². The lowest BCUT2D eigenvalue weighted by Crippen LogP contribution is -2.31. The maximum atomic E-state index is 11.9. The van der Waals surface area contributed by atoms with Crippen molar-refractivity contribution >= 4 is 5.91 Å². The fourth-order valence-corrected chi connectivity index (χ4v) is 2.02. The lowest BCUT2D eigenvalue weighted by atomic mass is 10.2. The van der Waals surface area contributed by atoms with Gasteiger partial charge in [0.2, 0.25) is 5.91 Å². The Labute approximate surface area is 101 Å². The van der Waals surface area contributed by atoms with Crippen molar-refractivity contribution in [2.24, 2.45) is 5.73 Å². The van der Waals surface area contributed by atoms with E-state index in [0.29, 0.717) is 13.1 Å². The summed E-state index contributed by atoms with van der Waals surface area (Å²) in [4.78, 5) is 13.7. The Balaban J connectivity index is 1.85. The third-order valence-corrected chi connectivity index (χ3v) is 2.98. The Bertz CT molecular complexity index is 370. The molecule has 6 nitrogen and oxygen atoms in total. The van der Waals surface area contributed by atoms with Crippen LogP contribution in [0, 0.1) is 0 Å². The zero-order valence-corrected chi connectivity index (χ0v) is 10.0. The van der Waals surface area contributed by atoms with Gasteiger partial charge in [0.05, 0.1) is 5.69 Å². The number of rotatable bonds is 5. The summed E-state index contributed by atoms with van der Waals surface area (Å²) in [6, 6.07) is 0. The highest BCUT2D eigenvalue weighted by molar-refractivity contribution is 5.76. The molecule has 1 aromatic rings. The lowest BCUT2D eigenvalue weighted by Gasteiger charge is -2.14. The van der Waals surface area contributed by atoms with Crippen molar-refractivity contribution in [3.63, 3.8) is 0 Å². The minimum Gasteiger partial charge on any atom is -0.341 e. The number of nitrogens with zero attached hydrogens (tertiary/aromatic N) is 4. The number of carbonyl (C=O) groups excluding carboxylic acids is 1. The summed E-state index contributed by atoms with van der Waals surface area (Å²) >= 11 is 0. The van der Waals surface area contributed by atoms with E-state index in [1.807, 2.05) is 11.1 Å². The molecule has 0 aliphatic carbocycles. The number of aryl methyl sites for hydroxylation is 1. The number of amides is 1. The summed E-state index contributed by atoms with van der Waals surface area (Å²) in [7, 11) is 0. The van der Waals surface area contributed by atoms with E-state index in [0.717, 1.165) is 44.5 Å².